The van der Waals surface area contributed by atoms with Gasteiger partial charge in [-0.3, -0.25) is 9.59 Å². The van der Waals surface area contributed by atoms with Crippen LogP contribution in [0.1, 0.15) is 20.3 Å². The highest BCUT2D eigenvalue weighted by Gasteiger charge is 2.38. The lowest BCUT2D eigenvalue weighted by Crippen LogP contribution is -2.50. The van der Waals surface area contributed by atoms with Gasteiger partial charge in [0.25, 0.3) is 0 Å². The number of nitrogens with one attached hydrogen (secondary N) is 2. The van der Waals surface area contributed by atoms with Crippen LogP contribution in [0.3, 0.4) is 0 Å². The maximum absolute atomic E-state index is 12.7. The standard InChI is InChI=1S/C21H24ClN3O7/c1-4-31-20(28)18-11(2)23-21(29)24-14(18)10-32-19(27)12-7-17(26)25(9-12)15-8-13(22)5-6-16(15)30-3/h5-6,8,11-12H,4,7,9-10H2,1-3H3,(H2,23,24,29)/t11-,12-/m0/s1. The third-order valence-electron chi connectivity index (χ3n) is 5.11. The summed E-state index contributed by atoms with van der Waals surface area (Å²) >= 11 is 6.05. The fourth-order valence-corrected chi connectivity index (χ4v) is 3.79. The Bertz CT molecular complexity index is 978. The predicted molar refractivity (Wildman–Crippen MR) is 114 cm³/mol. The number of carbonyl (C=O) groups is 4. The third kappa shape index (κ3) is 4.96. The molecule has 0 radical (unpaired) electrons. The summed E-state index contributed by atoms with van der Waals surface area (Å²) in [5.41, 5.74) is 0.782. The van der Waals surface area contributed by atoms with Crippen LogP contribution in [0.5, 0.6) is 5.75 Å². The van der Waals surface area contributed by atoms with Gasteiger partial charge in [0.05, 0.1) is 42.6 Å². The molecule has 1 aromatic carbocycles. The van der Waals surface area contributed by atoms with Gasteiger partial charge in [0, 0.05) is 18.0 Å². The molecule has 1 fully saturated rings. The number of halogens is 1. The van der Waals surface area contributed by atoms with Crippen LogP contribution in [-0.2, 0) is 23.9 Å². The van der Waals surface area contributed by atoms with E-state index >= 15 is 0 Å². The molecule has 2 heterocycles. The second-order valence-corrected chi connectivity index (χ2v) is 7.70. The molecule has 2 N–H and O–H groups in total. The molecule has 10 nitrogen and oxygen atoms in total. The Morgan fingerprint density at radius 1 is 1.25 bits per heavy atom. The Labute approximate surface area is 189 Å². The van der Waals surface area contributed by atoms with Crippen LogP contribution in [0, 0.1) is 5.92 Å². The van der Waals surface area contributed by atoms with Crippen molar-refractivity contribution < 1.29 is 33.4 Å². The number of methoxy groups -OCH3 is 1. The van der Waals surface area contributed by atoms with Crippen molar-refractivity contribution in [1.82, 2.24) is 10.6 Å². The maximum Gasteiger partial charge on any atom is 0.338 e. The molecule has 2 atom stereocenters. The fourth-order valence-electron chi connectivity index (χ4n) is 3.63. The van der Waals surface area contributed by atoms with Crippen molar-refractivity contribution in [2.24, 2.45) is 5.92 Å². The minimum absolute atomic E-state index is 0.0530. The summed E-state index contributed by atoms with van der Waals surface area (Å²) in [5.74, 6) is -1.80. The van der Waals surface area contributed by atoms with Crippen LogP contribution in [0.15, 0.2) is 29.5 Å². The molecular formula is C21H24ClN3O7. The molecule has 0 spiro atoms. The van der Waals surface area contributed by atoms with Crippen LogP contribution < -0.4 is 20.3 Å². The van der Waals surface area contributed by atoms with Gasteiger partial charge >= 0.3 is 18.0 Å². The smallest absolute Gasteiger partial charge is 0.338 e. The molecule has 0 saturated carbocycles. The van der Waals surface area contributed by atoms with Crippen LogP contribution >= 0.6 is 11.6 Å². The number of rotatable bonds is 7. The first-order valence-corrected chi connectivity index (χ1v) is 10.4. The van der Waals surface area contributed by atoms with Gasteiger partial charge < -0.3 is 29.7 Å². The van der Waals surface area contributed by atoms with E-state index in [9.17, 15) is 19.2 Å². The molecule has 2 aliphatic heterocycles. The van der Waals surface area contributed by atoms with E-state index in [2.05, 4.69) is 10.6 Å². The molecule has 0 aliphatic carbocycles. The van der Waals surface area contributed by atoms with E-state index in [4.69, 9.17) is 25.8 Å². The highest BCUT2D eigenvalue weighted by atomic mass is 35.5. The molecule has 1 aromatic rings. The number of carbonyl (C=O) groups excluding carboxylic acids is 4. The van der Waals surface area contributed by atoms with E-state index in [1.807, 2.05) is 0 Å². The Hall–Kier alpha value is -3.27. The van der Waals surface area contributed by atoms with E-state index in [1.165, 1.54) is 12.0 Å². The summed E-state index contributed by atoms with van der Waals surface area (Å²) in [6, 6.07) is 3.73. The molecule has 3 rings (SSSR count). The second kappa shape index (κ2) is 9.90. The number of esters is 2. The molecular weight excluding hydrogens is 442 g/mol. The van der Waals surface area contributed by atoms with E-state index < -0.39 is 29.9 Å². The summed E-state index contributed by atoms with van der Waals surface area (Å²) in [6.45, 7) is 3.19. The van der Waals surface area contributed by atoms with Crippen molar-refractivity contribution in [1.29, 1.82) is 0 Å². The number of hydrogen-bond acceptors (Lipinski definition) is 7. The minimum atomic E-state index is -0.729. The first-order valence-electron chi connectivity index (χ1n) is 10.0. The van der Waals surface area contributed by atoms with Gasteiger partial charge in [-0.05, 0) is 32.0 Å². The molecule has 2 aliphatic rings. The Kier molecular flexibility index (Phi) is 7.24. The molecule has 3 amide bonds. The number of urea groups is 1. The van der Waals surface area contributed by atoms with Crippen molar-refractivity contribution in [2.75, 3.05) is 31.8 Å². The molecule has 11 heteroatoms. The van der Waals surface area contributed by atoms with E-state index in [0.29, 0.717) is 16.5 Å². The maximum atomic E-state index is 12.7. The Morgan fingerprint density at radius 2 is 2.00 bits per heavy atom. The first-order chi connectivity index (χ1) is 15.2. The van der Waals surface area contributed by atoms with Gasteiger partial charge in [0.1, 0.15) is 12.4 Å². The summed E-state index contributed by atoms with van der Waals surface area (Å²) in [7, 11) is 1.47. The number of anilines is 1. The third-order valence-corrected chi connectivity index (χ3v) is 5.35. The van der Waals surface area contributed by atoms with Crippen molar-refractivity contribution in [2.45, 2.75) is 26.3 Å². The lowest BCUT2D eigenvalue weighted by molar-refractivity contribution is -0.147. The van der Waals surface area contributed by atoms with Gasteiger partial charge in [-0.1, -0.05) is 11.6 Å². The number of nitrogens with zero attached hydrogens (tertiary/aromatic N) is 1. The molecule has 32 heavy (non-hydrogen) atoms. The van der Waals surface area contributed by atoms with Crippen LogP contribution in [0.2, 0.25) is 5.02 Å². The van der Waals surface area contributed by atoms with Crippen molar-refractivity contribution in [3.63, 3.8) is 0 Å². The number of amides is 3. The second-order valence-electron chi connectivity index (χ2n) is 7.26. The van der Waals surface area contributed by atoms with E-state index in [-0.39, 0.29) is 43.4 Å². The van der Waals surface area contributed by atoms with Gasteiger partial charge in [0.15, 0.2) is 0 Å². The average molecular weight is 466 g/mol. The van der Waals surface area contributed by atoms with Gasteiger partial charge in [-0.2, -0.15) is 0 Å². The normalized spacial score (nSPS) is 20.6. The molecule has 0 unspecified atom stereocenters. The van der Waals surface area contributed by atoms with Crippen LogP contribution in [-0.4, -0.2) is 56.8 Å². The van der Waals surface area contributed by atoms with Gasteiger partial charge in [-0.15, -0.1) is 0 Å². The van der Waals surface area contributed by atoms with Gasteiger partial charge in [-0.25, -0.2) is 9.59 Å². The molecule has 0 aromatic heterocycles. The molecule has 172 valence electrons. The van der Waals surface area contributed by atoms with Crippen molar-refractivity contribution >= 4 is 41.2 Å². The average Bonchev–Trinajstić information content (AvgIpc) is 3.13. The Balaban J connectivity index is 1.72. The zero-order valence-electron chi connectivity index (χ0n) is 17.9. The first kappa shape index (κ1) is 23.4. The van der Waals surface area contributed by atoms with Crippen LogP contribution in [0.4, 0.5) is 10.5 Å². The zero-order valence-corrected chi connectivity index (χ0v) is 18.7. The summed E-state index contributed by atoms with van der Waals surface area (Å²) in [5, 5.41) is 5.48. The summed E-state index contributed by atoms with van der Waals surface area (Å²) < 4.78 is 15.7. The minimum Gasteiger partial charge on any atom is -0.495 e. The highest BCUT2D eigenvalue weighted by Crippen LogP contribution is 2.35. The molecule has 1 saturated heterocycles. The van der Waals surface area contributed by atoms with Crippen molar-refractivity contribution in [3.05, 3.63) is 34.5 Å². The quantitative estimate of drug-likeness (QED) is 0.588. The van der Waals surface area contributed by atoms with Crippen molar-refractivity contribution in [3.8, 4) is 5.75 Å². The fraction of sp³-hybridized carbons (Fsp3) is 0.429. The largest absolute Gasteiger partial charge is 0.495 e. The SMILES string of the molecule is CCOC(=O)C1=C(COC(=O)[C@H]2CC(=O)N(c3cc(Cl)ccc3OC)C2)NC(=O)N[C@H]1C. The predicted octanol–water partition coefficient (Wildman–Crippen LogP) is 1.76. The topological polar surface area (TPSA) is 123 Å². The number of hydrogen-bond donors (Lipinski definition) is 2. The van der Waals surface area contributed by atoms with Gasteiger partial charge in [0.2, 0.25) is 5.91 Å². The Morgan fingerprint density at radius 3 is 2.69 bits per heavy atom. The summed E-state index contributed by atoms with van der Waals surface area (Å²) in [4.78, 5) is 50.7. The van der Waals surface area contributed by atoms with E-state index in [0.717, 1.165) is 0 Å². The lowest BCUT2D eigenvalue weighted by atomic mass is 10.0. The number of benzene rings is 1. The van der Waals surface area contributed by atoms with Crippen LogP contribution in [0.25, 0.3) is 0 Å². The number of ether oxygens (including phenoxy) is 3. The lowest BCUT2D eigenvalue weighted by Gasteiger charge is -2.26. The summed E-state index contributed by atoms with van der Waals surface area (Å²) in [6.07, 6.45) is -0.0530. The monoisotopic (exact) mass is 465 g/mol. The highest BCUT2D eigenvalue weighted by molar-refractivity contribution is 6.31. The molecule has 0 bridgehead atoms. The zero-order chi connectivity index (χ0) is 23.4. The van der Waals surface area contributed by atoms with E-state index in [1.54, 1.807) is 32.0 Å².